The normalized spacial score (nSPS) is 10.7. The third kappa shape index (κ3) is 4.46. The van der Waals surface area contributed by atoms with E-state index in [1.165, 1.54) is 19.2 Å². The van der Waals surface area contributed by atoms with Crippen molar-refractivity contribution in [3.63, 3.8) is 0 Å². The van der Waals surface area contributed by atoms with Gasteiger partial charge >= 0.3 is 6.18 Å². The molecule has 0 aliphatic carbocycles. The van der Waals surface area contributed by atoms with Crippen molar-refractivity contribution < 1.29 is 22.6 Å². The number of nitrogen functional groups attached to an aromatic ring is 1. The molecule has 22 heavy (non-hydrogen) atoms. The van der Waals surface area contributed by atoms with Crippen LogP contribution in [0.5, 0.6) is 11.5 Å². The van der Waals surface area contributed by atoms with Gasteiger partial charge in [0.2, 0.25) is 0 Å². The van der Waals surface area contributed by atoms with Gasteiger partial charge in [0.05, 0.1) is 18.4 Å². The van der Waals surface area contributed by atoms with Gasteiger partial charge in [0, 0.05) is 0 Å². The lowest BCUT2D eigenvalue weighted by molar-refractivity contribution is -0.137. The summed E-state index contributed by atoms with van der Waals surface area (Å²) < 4.78 is 48.1. The fourth-order valence-corrected chi connectivity index (χ4v) is 1.80. The largest absolute Gasteiger partial charge is 0.495 e. The number of alkyl halides is 3. The minimum Gasteiger partial charge on any atom is -0.495 e. The van der Waals surface area contributed by atoms with Gasteiger partial charge in [-0.1, -0.05) is 12.1 Å². The molecule has 0 aliphatic rings. The average Bonchev–Trinajstić information content (AvgIpc) is 2.45. The van der Waals surface area contributed by atoms with Gasteiger partial charge in [0.1, 0.15) is 18.1 Å². The molecule has 0 saturated carbocycles. The molecule has 2 rings (SSSR count). The summed E-state index contributed by atoms with van der Waals surface area (Å²) in [6, 6.07) is 9.82. The van der Waals surface area contributed by atoms with Gasteiger partial charge in [-0.25, -0.2) is 0 Å². The molecule has 0 radical (unpaired) electrons. The van der Waals surface area contributed by atoms with Crippen LogP contribution >= 0.6 is 12.4 Å². The van der Waals surface area contributed by atoms with Gasteiger partial charge in [-0.05, 0) is 35.9 Å². The quantitative estimate of drug-likeness (QED) is 0.849. The number of hydrogen-bond donors (Lipinski definition) is 1. The first kappa shape index (κ1) is 18.0. The number of anilines is 1. The Morgan fingerprint density at radius 1 is 1.09 bits per heavy atom. The molecule has 0 atom stereocenters. The molecule has 0 heterocycles. The van der Waals surface area contributed by atoms with Crippen molar-refractivity contribution in [2.24, 2.45) is 0 Å². The summed E-state index contributed by atoms with van der Waals surface area (Å²) in [5.74, 6) is 0.692. The molecule has 0 bridgehead atoms. The zero-order chi connectivity index (χ0) is 15.5. The van der Waals surface area contributed by atoms with Crippen molar-refractivity contribution in [1.29, 1.82) is 0 Å². The van der Waals surface area contributed by atoms with E-state index in [1.807, 2.05) is 0 Å². The van der Waals surface area contributed by atoms with Gasteiger partial charge in [0.15, 0.2) is 0 Å². The Balaban J connectivity index is 0.00000242. The number of rotatable bonds is 4. The summed E-state index contributed by atoms with van der Waals surface area (Å²) in [5.41, 5.74) is 6.20. The maximum absolute atomic E-state index is 12.6. The fraction of sp³-hybridized carbons (Fsp3) is 0.200. The molecule has 0 amide bonds. The second-order valence-electron chi connectivity index (χ2n) is 4.39. The van der Waals surface area contributed by atoms with Crippen LogP contribution in [0.3, 0.4) is 0 Å². The molecule has 2 aromatic rings. The zero-order valence-electron chi connectivity index (χ0n) is 11.7. The Bertz CT molecular complexity index is 632. The monoisotopic (exact) mass is 333 g/mol. The van der Waals surface area contributed by atoms with Gasteiger partial charge in [-0.3, -0.25) is 0 Å². The summed E-state index contributed by atoms with van der Waals surface area (Å²) in [4.78, 5) is 0. The van der Waals surface area contributed by atoms with Crippen LogP contribution in [-0.4, -0.2) is 7.11 Å². The van der Waals surface area contributed by atoms with Crippen molar-refractivity contribution in [1.82, 2.24) is 0 Å². The van der Waals surface area contributed by atoms with Crippen LogP contribution in [0.4, 0.5) is 18.9 Å². The van der Waals surface area contributed by atoms with Crippen LogP contribution < -0.4 is 15.2 Å². The van der Waals surface area contributed by atoms with E-state index in [0.29, 0.717) is 11.4 Å². The summed E-state index contributed by atoms with van der Waals surface area (Å²) in [7, 11) is 1.50. The van der Waals surface area contributed by atoms with Crippen molar-refractivity contribution >= 4 is 18.1 Å². The van der Waals surface area contributed by atoms with Gasteiger partial charge in [-0.15, -0.1) is 12.4 Å². The van der Waals surface area contributed by atoms with E-state index in [-0.39, 0.29) is 24.8 Å². The molecular weight excluding hydrogens is 319 g/mol. The van der Waals surface area contributed by atoms with Gasteiger partial charge < -0.3 is 15.2 Å². The molecule has 0 unspecified atom stereocenters. The molecule has 3 nitrogen and oxygen atoms in total. The van der Waals surface area contributed by atoms with Crippen LogP contribution in [0.15, 0.2) is 42.5 Å². The standard InChI is InChI=1S/C15H14F3NO2.ClH/c1-20-14-6-5-10(7-13(14)19)9-21-12-4-2-3-11(8-12)15(16,17)18;/h2-8H,9,19H2,1H3;1H. The summed E-state index contributed by atoms with van der Waals surface area (Å²) in [6.45, 7) is 0.121. The lowest BCUT2D eigenvalue weighted by Crippen LogP contribution is -2.05. The second kappa shape index (κ2) is 7.26. The molecular formula is C15H15ClF3NO2. The number of halogens is 4. The highest BCUT2D eigenvalue weighted by molar-refractivity contribution is 5.85. The van der Waals surface area contributed by atoms with Crippen molar-refractivity contribution in [3.8, 4) is 11.5 Å². The predicted octanol–water partition coefficient (Wildman–Crippen LogP) is 4.30. The van der Waals surface area contributed by atoms with E-state index in [0.717, 1.165) is 17.7 Å². The van der Waals surface area contributed by atoms with E-state index in [9.17, 15) is 13.2 Å². The van der Waals surface area contributed by atoms with Crippen LogP contribution in [0.1, 0.15) is 11.1 Å². The molecule has 0 fully saturated rings. The smallest absolute Gasteiger partial charge is 0.416 e. The van der Waals surface area contributed by atoms with Gasteiger partial charge in [0.25, 0.3) is 0 Å². The molecule has 0 aromatic heterocycles. The first-order valence-electron chi connectivity index (χ1n) is 6.12. The Morgan fingerprint density at radius 3 is 2.41 bits per heavy atom. The van der Waals surface area contributed by atoms with Crippen molar-refractivity contribution in [2.75, 3.05) is 12.8 Å². The summed E-state index contributed by atoms with van der Waals surface area (Å²) >= 11 is 0. The summed E-state index contributed by atoms with van der Waals surface area (Å²) in [5, 5.41) is 0. The average molecular weight is 334 g/mol. The maximum Gasteiger partial charge on any atom is 0.416 e. The highest BCUT2D eigenvalue weighted by Gasteiger charge is 2.30. The van der Waals surface area contributed by atoms with Crippen LogP contribution in [0, 0.1) is 0 Å². The van der Waals surface area contributed by atoms with Crippen LogP contribution in [0.25, 0.3) is 0 Å². The highest BCUT2D eigenvalue weighted by atomic mass is 35.5. The predicted molar refractivity (Wildman–Crippen MR) is 80.4 cm³/mol. The molecule has 0 spiro atoms. The number of ether oxygens (including phenoxy) is 2. The van der Waals surface area contributed by atoms with Gasteiger partial charge in [-0.2, -0.15) is 13.2 Å². The van der Waals surface area contributed by atoms with Crippen molar-refractivity contribution in [3.05, 3.63) is 53.6 Å². The molecule has 7 heteroatoms. The van der Waals surface area contributed by atoms with E-state index in [2.05, 4.69) is 0 Å². The SMILES string of the molecule is COc1ccc(COc2cccc(C(F)(F)F)c2)cc1N.Cl. The Hall–Kier alpha value is -2.08. The molecule has 2 N–H and O–H groups in total. The molecule has 0 aliphatic heterocycles. The minimum absolute atomic E-state index is 0. The number of hydrogen-bond acceptors (Lipinski definition) is 3. The first-order chi connectivity index (χ1) is 9.90. The maximum atomic E-state index is 12.6. The number of nitrogens with two attached hydrogens (primary N) is 1. The van der Waals surface area contributed by atoms with E-state index < -0.39 is 11.7 Å². The second-order valence-corrected chi connectivity index (χ2v) is 4.39. The lowest BCUT2D eigenvalue weighted by Gasteiger charge is -2.11. The first-order valence-corrected chi connectivity index (χ1v) is 6.12. The Labute approximate surface area is 132 Å². The van der Waals surface area contributed by atoms with E-state index in [4.69, 9.17) is 15.2 Å². The molecule has 2 aromatic carbocycles. The molecule has 0 saturated heterocycles. The number of benzene rings is 2. The van der Waals surface area contributed by atoms with Crippen LogP contribution in [-0.2, 0) is 12.8 Å². The van der Waals surface area contributed by atoms with E-state index in [1.54, 1.807) is 18.2 Å². The zero-order valence-corrected chi connectivity index (χ0v) is 12.5. The van der Waals surface area contributed by atoms with Crippen LogP contribution in [0.2, 0.25) is 0 Å². The number of methoxy groups -OCH3 is 1. The molecule has 120 valence electrons. The summed E-state index contributed by atoms with van der Waals surface area (Å²) in [6.07, 6.45) is -4.39. The Morgan fingerprint density at radius 2 is 1.82 bits per heavy atom. The minimum atomic E-state index is -4.39. The lowest BCUT2D eigenvalue weighted by atomic mass is 10.2. The van der Waals surface area contributed by atoms with E-state index >= 15 is 0 Å². The Kier molecular flexibility index (Phi) is 5.93. The fourth-order valence-electron chi connectivity index (χ4n) is 1.80. The highest BCUT2D eigenvalue weighted by Crippen LogP contribution is 2.31. The van der Waals surface area contributed by atoms with Crippen molar-refractivity contribution in [2.45, 2.75) is 12.8 Å². The topological polar surface area (TPSA) is 44.5 Å². The third-order valence-corrected chi connectivity index (χ3v) is 2.86. The third-order valence-electron chi connectivity index (χ3n) is 2.86.